The summed E-state index contributed by atoms with van der Waals surface area (Å²) in [6, 6.07) is 14.9. The lowest BCUT2D eigenvalue weighted by Gasteiger charge is -1.97. The standard InChI is InChI=1S/C16H10BrNO2/c17-12-8-5-11(6-9-12)7-10-15-18-14-4-2-1-3-13(14)16(19)20-15/h1-10H. The molecule has 1 aromatic heterocycles. The first-order valence-electron chi connectivity index (χ1n) is 6.06. The van der Waals surface area contributed by atoms with Crippen molar-refractivity contribution in [1.82, 2.24) is 4.98 Å². The quantitative estimate of drug-likeness (QED) is 0.711. The fourth-order valence-corrected chi connectivity index (χ4v) is 2.11. The Kier molecular flexibility index (Phi) is 3.48. The van der Waals surface area contributed by atoms with E-state index in [0.29, 0.717) is 16.8 Å². The number of para-hydroxylation sites is 1. The number of hydrogen-bond acceptors (Lipinski definition) is 3. The lowest BCUT2D eigenvalue weighted by molar-refractivity contribution is 0.491. The average Bonchev–Trinajstić information content (AvgIpc) is 2.47. The highest BCUT2D eigenvalue weighted by molar-refractivity contribution is 9.10. The lowest BCUT2D eigenvalue weighted by atomic mass is 10.2. The molecule has 20 heavy (non-hydrogen) atoms. The number of halogens is 1. The zero-order valence-corrected chi connectivity index (χ0v) is 12.0. The van der Waals surface area contributed by atoms with Gasteiger partial charge in [-0.1, -0.05) is 40.2 Å². The summed E-state index contributed by atoms with van der Waals surface area (Å²) in [7, 11) is 0. The molecule has 0 amide bonds. The summed E-state index contributed by atoms with van der Waals surface area (Å²) in [6.45, 7) is 0. The number of nitrogens with zero attached hydrogens (tertiary/aromatic N) is 1. The van der Waals surface area contributed by atoms with Gasteiger partial charge in [0.1, 0.15) is 0 Å². The van der Waals surface area contributed by atoms with Gasteiger partial charge in [-0.15, -0.1) is 0 Å². The topological polar surface area (TPSA) is 43.1 Å². The van der Waals surface area contributed by atoms with E-state index in [-0.39, 0.29) is 5.63 Å². The second kappa shape index (κ2) is 5.43. The highest BCUT2D eigenvalue weighted by Crippen LogP contribution is 2.13. The fraction of sp³-hybridized carbons (Fsp3) is 0. The van der Waals surface area contributed by atoms with Crippen molar-refractivity contribution >= 4 is 39.0 Å². The van der Waals surface area contributed by atoms with Crippen LogP contribution in [0.15, 0.2) is 62.2 Å². The van der Waals surface area contributed by atoms with Gasteiger partial charge in [0.2, 0.25) is 5.89 Å². The zero-order chi connectivity index (χ0) is 13.9. The van der Waals surface area contributed by atoms with E-state index in [1.807, 2.05) is 36.4 Å². The summed E-state index contributed by atoms with van der Waals surface area (Å²) in [4.78, 5) is 16.1. The Morgan fingerprint density at radius 2 is 1.75 bits per heavy atom. The number of hydrogen-bond donors (Lipinski definition) is 0. The molecule has 0 aliphatic heterocycles. The Bertz CT molecular complexity index is 835. The molecule has 0 atom stereocenters. The molecule has 3 nitrogen and oxygen atoms in total. The van der Waals surface area contributed by atoms with Crippen LogP contribution in [-0.4, -0.2) is 4.98 Å². The smallest absolute Gasteiger partial charge is 0.347 e. The minimum atomic E-state index is -0.369. The maximum atomic E-state index is 11.8. The predicted octanol–water partition coefficient (Wildman–Crippen LogP) is 4.12. The molecule has 0 unspecified atom stereocenters. The summed E-state index contributed by atoms with van der Waals surface area (Å²) in [5.41, 5.74) is 1.27. The molecule has 0 aliphatic rings. The van der Waals surface area contributed by atoms with Crippen molar-refractivity contribution < 1.29 is 4.42 Å². The molecule has 0 radical (unpaired) electrons. The van der Waals surface area contributed by atoms with Crippen LogP contribution in [0.5, 0.6) is 0 Å². The van der Waals surface area contributed by atoms with Crippen LogP contribution < -0.4 is 5.63 Å². The Labute approximate surface area is 123 Å². The summed E-state index contributed by atoms with van der Waals surface area (Å²) in [6.07, 6.45) is 3.55. The first-order valence-corrected chi connectivity index (χ1v) is 6.85. The van der Waals surface area contributed by atoms with Gasteiger partial charge in [0.05, 0.1) is 10.9 Å². The molecule has 0 saturated heterocycles. The molecule has 1 heterocycles. The van der Waals surface area contributed by atoms with Crippen molar-refractivity contribution in [2.24, 2.45) is 0 Å². The van der Waals surface area contributed by atoms with Crippen molar-refractivity contribution in [2.75, 3.05) is 0 Å². The van der Waals surface area contributed by atoms with Crippen LogP contribution in [0.2, 0.25) is 0 Å². The van der Waals surface area contributed by atoms with E-state index in [4.69, 9.17) is 4.42 Å². The molecule has 0 spiro atoms. The van der Waals surface area contributed by atoms with Gasteiger partial charge in [0.25, 0.3) is 0 Å². The third-order valence-electron chi connectivity index (χ3n) is 2.84. The van der Waals surface area contributed by atoms with E-state index in [9.17, 15) is 4.79 Å². The predicted molar refractivity (Wildman–Crippen MR) is 83.3 cm³/mol. The molecule has 4 heteroatoms. The summed E-state index contributed by atoms with van der Waals surface area (Å²) in [5.74, 6) is 0.302. The second-order valence-electron chi connectivity index (χ2n) is 4.24. The third-order valence-corrected chi connectivity index (χ3v) is 3.37. The Hall–Kier alpha value is -2.20. The molecule has 3 rings (SSSR count). The Morgan fingerprint density at radius 1 is 1.00 bits per heavy atom. The van der Waals surface area contributed by atoms with E-state index in [1.54, 1.807) is 24.3 Å². The van der Waals surface area contributed by atoms with Gasteiger partial charge >= 0.3 is 5.63 Å². The number of rotatable bonds is 2. The summed E-state index contributed by atoms with van der Waals surface area (Å²) >= 11 is 3.38. The molecular weight excluding hydrogens is 318 g/mol. The van der Waals surface area contributed by atoms with Gasteiger partial charge in [0.15, 0.2) is 0 Å². The van der Waals surface area contributed by atoms with Crippen LogP contribution in [0.3, 0.4) is 0 Å². The SMILES string of the molecule is O=c1oc(C=Cc2ccc(Br)cc2)nc2ccccc12. The molecule has 2 aromatic carbocycles. The van der Waals surface area contributed by atoms with Gasteiger partial charge in [-0.3, -0.25) is 0 Å². The number of fused-ring (bicyclic) bond motifs is 1. The molecule has 0 bridgehead atoms. The van der Waals surface area contributed by atoms with Crippen LogP contribution in [0.1, 0.15) is 11.5 Å². The van der Waals surface area contributed by atoms with Crippen molar-refractivity contribution in [3.63, 3.8) is 0 Å². The van der Waals surface area contributed by atoms with Crippen molar-refractivity contribution in [1.29, 1.82) is 0 Å². The summed E-state index contributed by atoms with van der Waals surface area (Å²) in [5, 5.41) is 0.494. The first kappa shape index (κ1) is 12.8. The maximum absolute atomic E-state index is 11.8. The normalized spacial score (nSPS) is 11.2. The van der Waals surface area contributed by atoms with Crippen LogP contribution in [0.4, 0.5) is 0 Å². The Morgan fingerprint density at radius 3 is 2.55 bits per heavy atom. The van der Waals surface area contributed by atoms with Crippen LogP contribution >= 0.6 is 15.9 Å². The van der Waals surface area contributed by atoms with Gasteiger partial charge < -0.3 is 4.42 Å². The van der Waals surface area contributed by atoms with Crippen LogP contribution in [0, 0.1) is 0 Å². The van der Waals surface area contributed by atoms with Gasteiger partial charge in [-0.25, -0.2) is 9.78 Å². The van der Waals surface area contributed by atoms with Gasteiger partial charge in [-0.05, 0) is 35.9 Å². The molecule has 0 aliphatic carbocycles. The van der Waals surface area contributed by atoms with E-state index < -0.39 is 0 Å². The minimum Gasteiger partial charge on any atom is -0.404 e. The van der Waals surface area contributed by atoms with Gasteiger partial charge in [-0.2, -0.15) is 0 Å². The highest BCUT2D eigenvalue weighted by atomic mass is 79.9. The molecule has 98 valence electrons. The van der Waals surface area contributed by atoms with E-state index in [1.165, 1.54) is 0 Å². The van der Waals surface area contributed by atoms with Gasteiger partial charge in [0, 0.05) is 10.5 Å². The minimum absolute atomic E-state index is 0.302. The maximum Gasteiger partial charge on any atom is 0.347 e. The monoisotopic (exact) mass is 327 g/mol. The molecule has 3 aromatic rings. The lowest BCUT2D eigenvalue weighted by Crippen LogP contribution is -2.02. The molecule has 0 fully saturated rings. The number of benzene rings is 2. The first-order chi connectivity index (χ1) is 9.72. The molecular formula is C16H10BrNO2. The largest absolute Gasteiger partial charge is 0.404 e. The van der Waals surface area contributed by atoms with E-state index in [0.717, 1.165) is 10.0 Å². The van der Waals surface area contributed by atoms with Crippen LogP contribution in [0.25, 0.3) is 23.1 Å². The van der Waals surface area contributed by atoms with Crippen molar-refractivity contribution in [3.8, 4) is 0 Å². The van der Waals surface area contributed by atoms with Crippen LogP contribution in [-0.2, 0) is 0 Å². The highest BCUT2D eigenvalue weighted by Gasteiger charge is 2.02. The Balaban J connectivity index is 1.98. The van der Waals surface area contributed by atoms with Crippen molar-refractivity contribution in [3.05, 3.63) is 74.9 Å². The molecule has 0 N–H and O–H groups in total. The zero-order valence-electron chi connectivity index (χ0n) is 10.4. The summed E-state index contributed by atoms with van der Waals surface area (Å²) < 4.78 is 6.19. The van der Waals surface area contributed by atoms with E-state index in [2.05, 4.69) is 20.9 Å². The van der Waals surface area contributed by atoms with E-state index >= 15 is 0 Å². The fourth-order valence-electron chi connectivity index (χ4n) is 1.85. The number of aromatic nitrogens is 1. The second-order valence-corrected chi connectivity index (χ2v) is 5.16. The molecule has 0 saturated carbocycles. The average molecular weight is 328 g/mol. The van der Waals surface area contributed by atoms with Crippen molar-refractivity contribution in [2.45, 2.75) is 0 Å². The third kappa shape index (κ3) is 2.70.